The second-order valence-corrected chi connectivity index (χ2v) is 6.38. The summed E-state index contributed by atoms with van der Waals surface area (Å²) in [4.78, 5) is 12.2. The Hall–Kier alpha value is -2.18. The van der Waals surface area contributed by atoms with Crippen LogP contribution in [0.3, 0.4) is 0 Å². The first-order chi connectivity index (χ1) is 11.5. The Morgan fingerprint density at radius 3 is 2.67 bits per heavy atom. The molecule has 1 aromatic rings. The van der Waals surface area contributed by atoms with Crippen LogP contribution in [0, 0.1) is 5.41 Å². The average Bonchev–Trinajstić information content (AvgIpc) is 3.23. The molecule has 0 spiro atoms. The number of hydrogen-bond acceptors (Lipinski definition) is 5. The molecule has 2 saturated heterocycles. The number of fused-ring (bicyclic) bond motifs is 2. The van der Waals surface area contributed by atoms with E-state index in [0.717, 1.165) is 18.5 Å². The van der Waals surface area contributed by atoms with E-state index in [1.54, 1.807) is 6.92 Å². The largest absolute Gasteiger partial charge is 0.402 e. The highest BCUT2D eigenvalue weighted by molar-refractivity contribution is 6.47. The summed E-state index contributed by atoms with van der Waals surface area (Å²) >= 11 is 0. The van der Waals surface area contributed by atoms with Crippen molar-refractivity contribution in [2.75, 3.05) is 11.9 Å². The van der Waals surface area contributed by atoms with Crippen LogP contribution in [0.2, 0.25) is 0 Å². The van der Waals surface area contributed by atoms with Crippen molar-refractivity contribution >= 4 is 17.3 Å². The lowest BCUT2D eigenvalue weighted by Crippen LogP contribution is -2.34. The topological polar surface area (TPSA) is 100 Å². The molecular formula is C18H24N4O2. The van der Waals surface area contributed by atoms with Gasteiger partial charge in [-0.05, 0) is 43.0 Å². The maximum absolute atomic E-state index is 12.2. The SMILES string of the molecule is CCC(N)=C(C)C(=N)C(=O)Nc1ccc([C@H]2OC3CN[C@H]2C3)cc1. The van der Waals surface area contributed by atoms with E-state index in [9.17, 15) is 4.79 Å². The number of amides is 1. The van der Waals surface area contributed by atoms with Crippen molar-refractivity contribution in [1.82, 2.24) is 5.32 Å². The van der Waals surface area contributed by atoms with Gasteiger partial charge in [0.1, 0.15) is 5.71 Å². The maximum atomic E-state index is 12.2. The molecule has 2 bridgehead atoms. The molecule has 0 aromatic heterocycles. The minimum Gasteiger partial charge on any atom is -0.402 e. The molecule has 128 valence electrons. The highest BCUT2D eigenvalue weighted by atomic mass is 16.5. The molecular weight excluding hydrogens is 304 g/mol. The summed E-state index contributed by atoms with van der Waals surface area (Å²) in [5.41, 5.74) is 8.56. The Labute approximate surface area is 142 Å². The van der Waals surface area contributed by atoms with Crippen molar-refractivity contribution in [2.45, 2.75) is 44.9 Å². The minimum atomic E-state index is -0.450. The van der Waals surface area contributed by atoms with Gasteiger partial charge in [-0.3, -0.25) is 10.2 Å². The van der Waals surface area contributed by atoms with Gasteiger partial charge in [0.25, 0.3) is 5.91 Å². The van der Waals surface area contributed by atoms with Gasteiger partial charge in [-0.25, -0.2) is 0 Å². The molecule has 1 unspecified atom stereocenters. The zero-order chi connectivity index (χ0) is 17.3. The number of morpholine rings is 1. The summed E-state index contributed by atoms with van der Waals surface area (Å²) in [6.45, 7) is 4.53. The standard InChI is InChI=1S/C18H24N4O2/c1-3-14(19)10(2)16(20)18(23)22-12-6-4-11(5-7-12)17-15-8-13(24-17)9-21-15/h4-7,13,15,17,20-21H,3,8-9,19H2,1-2H3,(H,22,23)/t13?,15-,17+/m0/s1. The molecule has 5 N–H and O–H groups in total. The summed E-state index contributed by atoms with van der Waals surface area (Å²) in [6, 6.07) is 8.01. The van der Waals surface area contributed by atoms with E-state index in [-0.39, 0.29) is 11.8 Å². The molecule has 2 aliphatic heterocycles. The highest BCUT2D eigenvalue weighted by Crippen LogP contribution is 2.37. The molecule has 2 aliphatic rings. The van der Waals surface area contributed by atoms with Gasteiger partial charge in [0.15, 0.2) is 0 Å². The van der Waals surface area contributed by atoms with Crippen LogP contribution in [-0.4, -0.2) is 30.3 Å². The number of carbonyl (C=O) groups is 1. The minimum absolute atomic E-state index is 0.0846. The molecule has 6 heteroatoms. The molecule has 3 rings (SSSR count). The third kappa shape index (κ3) is 3.20. The van der Waals surface area contributed by atoms with Gasteiger partial charge in [0.05, 0.1) is 12.2 Å². The Kier molecular flexibility index (Phi) is 4.69. The fourth-order valence-electron chi connectivity index (χ4n) is 3.23. The Balaban J connectivity index is 1.64. The molecule has 2 fully saturated rings. The van der Waals surface area contributed by atoms with Crippen LogP contribution in [0.4, 0.5) is 5.69 Å². The van der Waals surface area contributed by atoms with Crippen molar-refractivity contribution < 1.29 is 9.53 Å². The normalized spacial score (nSPS) is 26.2. The summed E-state index contributed by atoms with van der Waals surface area (Å²) in [6.07, 6.45) is 2.08. The zero-order valence-corrected chi connectivity index (χ0v) is 14.1. The predicted octanol–water partition coefficient (Wildman–Crippen LogP) is 2.09. The van der Waals surface area contributed by atoms with Gasteiger partial charge in [-0.1, -0.05) is 19.1 Å². The van der Waals surface area contributed by atoms with Gasteiger partial charge >= 0.3 is 0 Å². The molecule has 0 aliphatic carbocycles. The van der Waals surface area contributed by atoms with E-state index in [1.807, 2.05) is 31.2 Å². The number of allylic oxidation sites excluding steroid dienone is 1. The second kappa shape index (κ2) is 6.75. The van der Waals surface area contributed by atoms with E-state index in [4.69, 9.17) is 15.9 Å². The van der Waals surface area contributed by atoms with Crippen LogP contribution >= 0.6 is 0 Å². The molecule has 24 heavy (non-hydrogen) atoms. The zero-order valence-electron chi connectivity index (χ0n) is 14.1. The van der Waals surface area contributed by atoms with Crippen molar-refractivity contribution in [3.05, 3.63) is 41.1 Å². The van der Waals surface area contributed by atoms with Gasteiger partial charge in [-0.2, -0.15) is 0 Å². The van der Waals surface area contributed by atoms with Gasteiger partial charge in [0, 0.05) is 24.0 Å². The summed E-state index contributed by atoms with van der Waals surface area (Å²) in [5.74, 6) is -0.450. The molecule has 1 aromatic carbocycles. The summed E-state index contributed by atoms with van der Waals surface area (Å²) in [5, 5.41) is 14.1. The van der Waals surface area contributed by atoms with Crippen LogP contribution in [0.5, 0.6) is 0 Å². The van der Waals surface area contributed by atoms with Gasteiger partial charge < -0.3 is 21.1 Å². The number of benzene rings is 1. The first-order valence-corrected chi connectivity index (χ1v) is 8.34. The summed E-state index contributed by atoms with van der Waals surface area (Å²) in [7, 11) is 0. The lowest BCUT2D eigenvalue weighted by molar-refractivity contribution is -0.110. The number of nitrogens with two attached hydrogens (primary N) is 1. The number of anilines is 1. The second-order valence-electron chi connectivity index (χ2n) is 6.38. The maximum Gasteiger partial charge on any atom is 0.273 e. The Morgan fingerprint density at radius 1 is 1.42 bits per heavy atom. The van der Waals surface area contributed by atoms with E-state index >= 15 is 0 Å². The number of hydrogen-bond donors (Lipinski definition) is 4. The highest BCUT2D eigenvalue weighted by Gasteiger charge is 2.41. The molecule has 0 saturated carbocycles. The molecule has 3 atom stereocenters. The average molecular weight is 328 g/mol. The number of rotatable bonds is 5. The predicted molar refractivity (Wildman–Crippen MR) is 94.0 cm³/mol. The monoisotopic (exact) mass is 328 g/mol. The van der Waals surface area contributed by atoms with E-state index in [0.29, 0.717) is 35.5 Å². The number of ether oxygens (including phenoxy) is 1. The Bertz CT molecular complexity index is 681. The summed E-state index contributed by atoms with van der Waals surface area (Å²) < 4.78 is 5.97. The third-order valence-corrected chi connectivity index (χ3v) is 4.79. The van der Waals surface area contributed by atoms with Crippen LogP contribution < -0.4 is 16.4 Å². The smallest absolute Gasteiger partial charge is 0.273 e. The quantitative estimate of drug-likeness (QED) is 0.622. The lowest BCUT2D eigenvalue weighted by atomic mass is 10.0. The van der Waals surface area contributed by atoms with Crippen molar-refractivity contribution in [3.8, 4) is 0 Å². The fourth-order valence-corrected chi connectivity index (χ4v) is 3.23. The van der Waals surface area contributed by atoms with Gasteiger partial charge in [0.2, 0.25) is 0 Å². The van der Waals surface area contributed by atoms with Crippen molar-refractivity contribution in [3.63, 3.8) is 0 Å². The molecule has 6 nitrogen and oxygen atoms in total. The first-order valence-electron chi connectivity index (χ1n) is 8.34. The van der Waals surface area contributed by atoms with Crippen LogP contribution in [0.15, 0.2) is 35.5 Å². The van der Waals surface area contributed by atoms with E-state index in [2.05, 4.69) is 10.6 Å². The number of carbonyl (C=O) groups excluding carboxylic acids is 1. The van der Waals surface area contributed by atoms with Gasteiger partial charge in [-0.15, -0.1) is 0 Å². The van der Waals surface area contributed by atoms with Crippen molar-refractivity contribution in [1.29, 1.82) is 5.41 Å². The fraction of sp³-hybridized carbons (Fsp3) is 0.444. The van der Waals surface area contributed by atoms with E-state index < -0.39 is 5.91 Å². The van der Waals surface area contributed by atoms with Crippen LogP contribution in [0.25, 0.3) is 0 Å². The first kappa shape index (κ1) is 16.7. The Morgan fingerprint density at radius 2 is 2.12 bits per heavy atom. The molecule has 1 amide bonds. The third-order valence-electron chi connectivity index (χ3n) is 4.79. The van der Waals surface area contributed by atoms with Crippen LogP contribution in [0.1, 0.15) is 38.4 Å². The number of nitrogens with one attached hydrogen (secondary N) is 3. The van der Waals surface area contributed by atoms with Crippen molar-refractivity contribution in [2.24, 2.45) is 5.73 Å². The lowest BCUT2D eigenvalue weighted by Gasteiger charge is -2.23. The molecule has 0 radical (unpaired) electrons. The molecule has 2 heterocycles. The van der Waals surface area contributed by atoms with Crippen LogP contribution in [-0.2, 0) is 9.53 Å². The van der Waals surface area contributed by atoms with E-state index in [1.165, 1.54) is 0 Å².